The smallest absolute Gasteiger partial charge is 0.267 e. The average Bonchev–Trinajstić information content (AvgIpc) is 2.14. The molecule has 3 rings (SSSR count). The number of carbonyl (C=O) groups is 1. The number of ether oxygens (including phenoxy) is 1. The second kappa shape index (κ2) is 3.18. The molecule has 5 heteroatoms. The van der Waals surface area contributed by atoms with Crippen LogP contribution in [0.25, 0.3) is 0 Å². The molecule has 2 saturated heterocycles. The summed E-state index contributed by atoms with van der Waals surface area (Å²) in [6, 6.07) is 3.55. The van der Waals surface area contributed by atoms with Crippen LogP contribution in [0.3, 0.4) is 0 Å². The van der Waals surface area contributed by atoms with Gasteiger partial charge in [-0.25, -0.2) is 4.98 Å². The van der Waals surface area contributed by atoms with Crippen LogP contribution in [-0.4, -0.2) is 37.2 Å². The van der Waals surface area contributed by atoms with Crippen LogP contribution in [-0.2, 0) is 4.74 Å². The van der Waals surface area contributed by atoms with Crippen LogP contribution in [0.1, 0.15) is 10.5 Å². The normalized spacial score (nSPS) is 21.4. The number of pyridine rings is 1. The van der Waals surface area contributed by atoms with E-state index in [-0.39, 0.29) is 0 Å². The van der Waals surface area contributed by atoms with E-state index < -0.39 is 5.91 Å². The highest BCUT2D eigenvalue weighted by Crippen LogP contribution is 2.39. The zero-order valence-electron chi connectivity index (χ0n) is 8.85. The summed E-state index contributed by atoms with van der Waals surface area (Å²) >= 11 is 0. The number of hydrogen-bond donors (Lipinski definition) is 1. The Balaban J connectivity index is 1.69. The van der Waals surface area contributed by atoms with Gasteiger partial charge in [0.15, 0.2) is 0 Å². The van der Waals surface area contributed by atoms with Crippen LogP contribution < -0.4 is 10.6 Å². The van der Waals surface area contributed by atoms with E-state index in [0.717, 1.165) is 32.0 Å². The van der Waals surface area contributed by atoms with Gasteiger partial charge in [0.2, 0.25) is 0 Å². The Morgan fingerprint density at radius 3 is 2.62 bits per heavy atom. The maximum absolute atomic E-state index is 10.9. The van der Waals surface area contributed by atoms with E-state index in [1.54, 1.807) is 12.3 Å². The molecule has 2 aliphatic heterocycles. The summed E-state index contributed by atoms with van der Waals surface area (Å²) < 4.78 is 5.21. The molecule has 0 unspecified atom stereocenters. The molecular weight excluding hydrogens is 206 g/mol. The maximum atomic E-state index is 10.9. The number of hydrogen-bond acceptors (Lipinski definition) is 4. The van der Waals surface area contributed by atoms with Crippen LogP contribution in [0.15, 0.2) is 18.3 Å². The number of nitrogens with zero attached hydrogens (tertiary/aromatic N) is 2. The van der Waals surface area contributed by atoms with Crippen molar-refractivity contribution in [2.75, 3.05) is 31.2 Å². The Labute approximate surface area is 93.2 Å². The Morgan fingerprint density at radius 1 is 1.44 bits per heavy atom. The van der Waals surface area contributed by atoms with Gasteiger partial charge in [0.1, 0.15) is 5.69 Å². The van der Waals surface area contributed by atoms with Crippen LogP contribution in [0.4, 0.5) is 5.69 Å². The van der Waals surface area contributed by atoms with Crippen molar-refractivity contribution in [1.82, 2.24) is 4.98 Å². The minimum absolute atomic E-state index is 0.311. The van der Waals surface area contributed by atoms with Crippen molar-refractivity contribution in [1.29, 1.82) is 0 Å². The van der Waals surface area contributed by atoms with Crippen molar-refractivity contribution >= 4 is 11.6 Å². The number of nitrogens with two attached hydrogens (primary N) is 1. The van der Waals surface area contributed by atoms with Gasteiger partial charge in [0, 0.05) is 13.1 Å². The van der Waals surface area contributed by atoms with Gasteiger partial charge in [-0.3, -0.25) is 4.79 Å². The summed E-state index contributed by atoms with van der Waals surface area (Å²) in [5.74, 6) is -0.487. The summed E-state index contributed by atoms with van der Waals surface area (Å²) in [6.45, 7) is 3.78. The van der Waals surface area contributed by atoms with Crippen LogP contribution in [0, 0.1) is 5.41 Å². The summed E-state index contributed by atoms with van der Waals surface area (Å²) in [5, 5.41) is 0. The lowest BCUT2D eigenvalue weighted by atomic mass is 9.78. The predicted octanol–water partition coefficient (Wildman–Crippen LogP) is 0.0171. The van der Waals surface area contributed by atoms with Crippen molar-refractivity contribution in [2.45, 2.75) is 0 Å². The average molecular weight is 219 g/mol. The molecule has 0 aliphatic carbocycles. The molecule has 84 valence electrons. The van der Waals surface area contributed by atoms with Crippen molar-refractivity contribution < 1.29 is 9.53 Å². The van der Waals surface area contributed by atoms with E-state index in [1.165, 1.54) is 0 Å². The number of anilines is 1. The van der Waals surface area contributed by atoms with Gasteiger partial charge in [0.25, 0.3) is 5.91 Å². The second-order valence-corrected chi connectivity index (χ2v) is 4.61. The molecular formula is C11H13N3O2. The van der Waals surface area contributed by atoms with Gasteiger partial charge >= 0.3 is 0 Å². The molecule has 2 aliphatic rings. The van der Waals surface area contributed by atoms with E-state index in [1.807, 2.05) is 6.07 Å². The Morgan fingerprint density at radius 2 is 2.19 bits per heavy atom. The molecule has 0 aromatic carbocycles. The Bertz CT molecular complexity index is 417. The number of aromatic nitrogens is 1. The van der Waals surface area contributed by atoms with Gasteiger partial charge < -0.3 is 15.4 Å². The van der Waals surface area contributed by atoms with Crippen molar-refractivity contribution in [3.63, 3.8) is 0 Å². The van der Waals surface area contributed by atoms with Gasteiger partial charge in [-0.1, -0.05) is 0 Å². The van der Waals surface area contributed by atoms with Gasteiger partial charge in [-0.2, -0.15) is 0 Å². The highest BCUT2D eigenvalue weighted by Gasteiger charge is 2.49. The Kier molecular flexibility index (Phi) is 1.91. The van der Waals surface area contributed by atoms with Gasteiger partial charge in [0.05, 0.1) is 30.5 Å². The lowest BCUT2D eigenvalue weighted by Crippen LogP contribution is -2.66. The van der Waals surface area contributed by atoms with Crippen LogP contribution in [0.5, 0.6) is 0 Å². The highest BCUT2D eigenvalue weighted by atomic mass is 16.5. The highest BCUT2D eigenvalue weighted by molar-refractivity contribution is 5.90. The third kappa shape index (κ3) is 1.36. The molecule has 1 aromatic rings. The standard InChI is InChI=1S/C11H13N3O2/c12-10(15)9-2-1-8(3-13-9)14-4-11(5-14)6-16-7-11/h1-3H,4-7H2,(H2,12,15). The molecule has 2 fully saturated rings. The van der Waals surface area contributed by atoms with E-state index in [2.05, 4.69) is 9.88 Å². The van der Waals surface area contributed by atoms with Crippen molar-refractivity contribution in [3.8, 4) is 0 Å². The summed E-state index contributed by atoms with van der Waals surface area (Å²) in [7, 11) is 0. The first-order valence-electron chi connectivity index (χ1n) is 5.27. The third-order valence-electron chi connectivity index (χ3n) is 3.23. The van der Waals surface area contributed by atoms with Crippen LogP contribution in [0.2, 0.25) is 0 Å². The number of primary amides is 1. The SMILES string of the molecule is NC(=O)c1ccc(N2CC3(COC3)C2)cn1. The minimum atomic E-state index is -0.487. The second-order valence-electron chi connectivity index (χ2n) is 4.61. The quantitative estimate of drug-likeness (QED) is 0.761. The molecule has 16 heavy (non-hydrogen) atoms. The molecule has 1 amide bonds. The van der Waals surface area contributed by atoms with Gasteiger partial charge in [-0.15, -0.1) is 0 Å². The van der Waals surface area contributed by atoms with Crippen molar-refractivity contribution in [2.24, 2.45) is 11.1 Å². The molecule has 3 heterocycles. The summed E-state index contributed by atoms with van der Waals surface area (Å²) in [5.41, 5.74) is 6.87. The van der Waals surface area contributed by atoms with E-state index in [0.29, 0.717) is 11.1 Å². The zero-order valence-corrected chi connectivity index (χ0v) is 8.85. The molecule has 0 saturated carbocycles. The first kappa shape index (κ1) is 9.59. The number of amides is 1. The lowest BCUT2D eigenvalue weighted by Gasteiger charge is -2.55. The molecule has 5 nitrogen and oxygen atoms in total. The molecule has 0 atom stereocenters. The molecule has 1 aromatic heterocycles. The number of rotatable bonds is 2. The zero-order chi connectivity index (χ0) is 11.2. The first-order valence-corrected chi connectivity index (χ1v) is 5.27. The molecule has 0 radical (unpaired) electrons. The molecule has 0 bridgehead atoms. The lowest BCUT2D eigenvalue weighted by molar-refractivity contribution is -0.127. The monoisotopic (exact) mass is 219 g/mol. The largest absolute Gasteiger partial charge is 0.380 e. The fourth-order valence-corrected chi connectivity index (χ4v) is 2.24. The van der Waals surface area contributed by atoms with Crippen LogP contribution >= 0.6 is 0 Å². The van der Waals surface area contributed by atoms with E-state index >= 15 is 0 Å². The predicted molar refractivity (Wildman–Crippen MR) is 58.2 cm³/mol. The van der Waals surface area contributed by atoms with Crippen molar-refractivity contribution in [3.05, 3.63) is 24.0 Å². The summed E-state index contributed by atoms with van der Waals surface area (Å²) in [6.07, 6.45) is 1.70. The minimum Gasteiger partial charge on any atom is -0.380 e. The maximum Gasteiger partial charge on any atom is 0.267 e. The molecule has 1 spiro atoms. The molecule has 2 N–H and O–H groups in total. The van der Waals surface area contributed by atoms with Gasteiger partial charge in [-0.05, 0) is 12.1 Å². The summed E-state index contributed by atoms with van der Waals surface area (Å²) in [4.78, 5) is 17.1. The van der Waals surface area contributed by atoms with E-state index in [9.17, 15) is 4.79 Å². The fraction of sp³-hybridized carbons (Fsp3) is 0.455. The number of carbonyl (C=O) groups excluding carboxylic acids is 1. The topological polar surface area (TPSA) is 68.5 Å². The fourth-order valence-electron chi connectivity index (χ4n) is 2.24. The third-order valence-corrected chi connectivity index (χ3v) is 3.23. The van der Waals surface area contributed by atoms with E-state index in [4.69, 9.17) is 10.5 Å². The Hall–Kier alpha value is -1.62. The first-order chi connectivity index (χ1) is 7.69.